The summed E-state index contributed by atoms with van der Waals surface area (Å²) in [6, 6.07) is 12.8. The number of H-pyrrole nitrogens is 1. The molecule has 37 heavy (non-hydrogen) atoms. The molecule has 4 aromatic rings. The van der Waals surface area contributed by atoms with E-state index in [1.165, 1.54) is 9.13 Å². The highest BCUT2D eigenvalue weighted by Gasteiger charge is 2.28. The van der Waals surface area contributed by atoms with Crippen LogP contribution in [-0.2, 0) is 22.6 Å². The Bertz CT molecular complexity index is 1610. The molecule has 0 bridgehead atoms. The van der Waals surface area contributed by atoms with Crippen molar-refractivity contribution in [1.82, 2.24) is 19.1 Å². The molecule has 0 saturated carbocycles. The minimum atomic E-state index is -0.615. The lowest BCUT2D eigenvalue weighted by Crippen LogP contribution is -2.50. The zero-order chi connectivity index (χ0) is 26.2. The van der Waals surface area contributed by atoms with Crippen LogP contribution in [0.15, 0.2) is 57.0 Å². The van der Waals surface area contributed by atoms with Gasteiger partial charge in [-0.15, -0.1) is 11.3 Å². The fourth-order valence-electron chi connectivity index (χ4n) is 4.18. The number of hydrogen-bond donors (Lipinski definition) is 1. The maximum absolute atomic E-state index is 13.6. The molecule has 1 fully saturated rings. The SMILES string of the molecule is Cc1nc2ccc(/N=c3\[nH]c(=O)n(CCC4COC(C)(C)OC4)c(=O)n3Cc3ccc(Cl)cc3)cc2s1. The lowest BCUT2D eigenvalue weighted by atomic mass is 10.1. The molecule has 194 valence electrons. The summed E-state index contributed by atoms with van der Waals surface area (Å²) in [5, 5.41) is 1.56. The maximum atomic E-state index is 13.6. The number of ether oxygens (including phenoxy) is 2. The Kier molecular flexibility index (Phi) is 7.17. The Balaban J connectivity index is 1.52. The van der Waals surface area contributed by atoms with Gasteiger partial charge in [0.1, 0.15) is 0 Å². The Morgan fingerprint density at radius 1 is 1.14 bits per heavy atom. The van der Waals surface area contributed by atoms with Gasteiger partial charge in [0.2, 0.25) is 5.62 Å². The number of aromatic amines is 1. The average molecular weight is 542 g/mol. The number of nitrogens with zero attached hydrogens (tertiary/aromatic N) is 4. The molecule has 11 heteroatoms. The average Bonchev–Trinajstić information content (AvgIpc) is 3.23. The van der Waals surface area contributed by atoms with Crippen molar-refractivity contribution in [2.24, 2.45) is 10.9 Å². The van der Waals surface area contributed by atoms with Crippen LogP contribution in [0.25, 0.3) is 10.2 Å². The van der Waals surface area contributed by atoms with Crippen molar-refractivity contribution in [2.45, 2.75) is 46.1 Å². The van der Waals surface area contributed by atoms with Crippen molar-refractivity contribution >= 4 is 38.8 Å². The number of fused-ring (bicyclic) bond motifs is 1. The molecule has 9 nitrogen and oxygen atoms in total. The summed E-state index contributed by atoms with van der Waals surface area (Å²) >= 11 is 7.61. The van der Waals surface area contributed by atoms with Gasteiger partial charge in [0.25, 0.3) is 0 Å². The molecule has 2 aromatic carbocycles. The number of aromatic nitrogens is 4. The molecule has 2 aromatic heterocycles. The molecule has 0 radical (unpaired) electrons. The first-order valence-corrected chi connectivity index (χ1v) is 13.2. The molecular formula is C26H28ClN5O4S. The monoisotopic (exact) mass is 541 g/mol. The molecule has 1 saturated heterocycles. The van der Waals surface area contributed by atoms with E-state index in [1.54, 1.807) is 23.5 Å². The number of benzene rings is 2. The molecule has 0 spiro atoms. The fraction of sp³-hybridized carbons (Fsp3) is 0.385. The number of thiazole rings is 1. The molecule has 1 aliphatic rings. The van der Waals surface area contributed by atoms with Crippen LogP contribution in [-0.4, -0.2) is 38.1 Å². The third kappa shape index (κ3) is 5.93. The zero-order valence-corrected chi connectivity index (χ0v) is 22.4. The van der Waals surface area contributed by atoms with Crippen molar-refractivity contribution < 1.29 is 9.47 Å². The van der Waals surface area contributed by atoms with Crippen LogP contribution in [0, 0.1) is 12.8 Å². The number of halogens is 1. The normalized spacial score (nSPS) is 16.5. The molecule has 5 rings (SSSR count). The molecule has 1 N–H and O–H groups in total. The molecule has 1 aliphatic heterocycles. The highest BCUT2D eigenvalue weighted by molar-refractivity contribution is 7.18. The second-order valence-electron chi connectivity index (χ2n) is 9.57. The first-order chi connectivity index (χ1) is 17.7. The second kappa shape index (κ2) is 10.4. The molecule has 0 aliphatic carbocycles. The lowest BCUT2D eigenvalue weighted by molar-refractivity contribution is -0.262. The van der Waals surface area contributed by atoms with Gasteiger partial charge in [0.15, 0.2) is 5.79 Å². The molecule has 0 atom stereocenters. The Morgan fingerprint density at radius 3 is 2.59 bits per heavy atom. The van der Waals surface area contributed by atoms with Crippen LogP contribution in [0.3, 0.4) is 0 Å². The van der Waals surface area contributed by atoms with Crippen molar-refractivity contribution in [3.8, 4) is 0 Å². The van der Waals surface area contributed by atoms with Gasteiger partial charge in [0, 0.05) is 17.5 Å². The van der Waals surface area contributed by atoms with Crippen LogP contribution in [0.5, 0.6) is 0 Å². The Morgan fingerprint density at radius 2 is 1.86 bits per heavy atom. The smallest absolute Gasteiger partial charge is 0.335 e. The summed E-state index contributed by atoms with van der Waals surface area (Å²) in [4.78, 5) is 38.6. The molecule has 0 amide bonds. The first kappa shape index (κ1) is 25.6. The summed E-state index contributed by atoms with van der Waals surface area (Å²) in [7, 11) is 0. The van der Waals surface area contributed by atoms with Gasteiger partial charge >= 0.3 is 11.4 Å². The second-order valence-corrected chi connectivity index (χ2v) is 11.2. The predicted molar refractivity (Wildman–Crippen MR) is 144 cm³/mol. The van der Waals surface area contributed by atoms with E-state index in [1.807, 2.05) is 51.1 Å². The van der Waals surface area contributed by atoms with E-state index in [2.05, 4.69) is 15.0 Å². The van der Waals surface area contributed by atoms with Crippen LogP contribution < -0.4 is 17.0 Å². The zero-order valence-electron chi connectivity index (χ0n) is 20.9. The first-order valence-electron chi connectivity index (χ1n) is 12.1. The van der Waals surface area contributed by atoms with Gasteiger partial charge in [-0.1, -0.05) is 23.7 Å². The van der Waals surface area contributed by atoms with Gasteiger partial charge in [-0.05, 0) is 63.1 Å². The summed E-state index contributed by atoms with van der Waals surface area (Å²) in [6.45, 7) is 7.17. The van der Waals surface area contributed by atoms with Gasteiger partial charge in [-0.2, -0.15) is 0 Å². The standard InChI is InChI=1S/C26H28ClN5O4S/c1-16-28-21-9-8-20(12-22(21)37-16)29-23-30-24(33)31(11-10-18-14-35-26(2,3)36-15-18)25(34)32(23)13-17-4-6-19(27)7-5-17/h4-9,12,18H,10-11,13-15H2,1-3H3,(H,29,30,33). The van der Waals surface area contributed by atoms with Crippen molar-refractivity contribution in [3.63, 3.8) is 0 Å². The van der Waals surface area contributed by atoms with Gasteiger partial charge in [-0.3, -0.25) is 9.55 Å². The van der Waals surface area contributed by atoms with E-state index in [4.69, 9.17) is 21.1 Å². The van der Waals surface area contributed by atoms with Gasteiger partial charge in [-0.25, -0.2) is 24.1 Å². The summed E-state index contributed by atoms with van der Waals surface area (Å²) in [5.74, 6) is -0.529. The van der Waals surface area contributed by atoms with Gasteiger partial charge < -0.3 is 9.47 Å². The van der Waals surface area contributed by atoms with E-state index >= 15 is 0 Å². The largest absolute Gasteiger partial charge is 0.350 e. The minimum absolute atomic E-state index is 0.0861. The number of aryl methyl sites for hydroxylation is 1. The van der Waals surface area contributed by atoms with Crippen LogP contribution in [0.2, 0.25) is 5.02 Å². The fourth-order valence-corrected chi connectivity index (χ4v) is 5.17. The van der Waals surface area contributed by atoms with Crippen LogP contribution in [0.4, 0.5) is 5.69 Å². The van der Waals surface area contributed by atoms with Crippen molar-refractivity contribution in [1.29, 1.82) is 0 Å². The summed E-state index contributed by atoms with van der Waals surface area (Å²) < 4.78 is 15.1. The minimum Gasteiger partial charge on any atom is -0.350 e. The number of hydrogen-bond acceptors (Lipinski definition) is 7. The topological polar surface area (TPSA) is 104 Å². The highest BCUT2D eigenvalue weighted by atomic mass is 35.5. The van der Waals surface area contributed by atoms with E-state index in [9.17, 15) is 9.59 Å². The summed E-state index contributed by atoms with van der Waals surface area (Å²) in [5.41, 5.74) is 1.58. The quantitative estimate of drug-likeness (QED) is 0.398. The third-order valence-electron chi connectivity index (χ3n) is 6.24. The summed E-state index contributed by atoms with van der Waals surface area (Å²) in [6.07, 6.45) is 0.567. The molecule has 0 unspecified atom stereocenters. The Labute approximate surface area is 222 Å². The molecular weight excluding hydrogens is 514 g/mol. The highest BCUT2D eigenvalue weighted by Crippen LogP contribution is 2.26. The predicted octanol–water partition coefficient (Wildman–Crippen LogP) is 3.98. The van der Waals surface area contributed by atoms with E-state index < -0.39 is 17.2 Å². The maximum Gasteiger partial charge on any atom is 0.335 e. The number of nitrogens with one attached hydrogen (secondary N) is 1. The third-order valence-corrected chi connectivity index (χ3v) is 7.43. The lowest BCUT2D eigenvalue weighted by Gasteiger charge is -2.35. The van der Waals surface area contributed by atoms with E-state index in [0.29, 0.717) is 30.3 Å². The van der Waals surface area contributed by atoms with Crippen molar-refractivity contribution in [2.75, 3.05) is 13.2 Å². The van der Waals surface area contributed by atoms with Crippen molar-refractivity contribution in [3.05, 3.63) is 84.6 Å². The Hall–Kier alpha value is -3.05. The van der Waals surface area contributed by atoms with E-state index in [0.717, 1.165) is 20.8 Å². The van der Waals surface area contributed by atoms with E-state index in [-0.39, 0.29) is 24.6 Å². The molecule has 3 heterocycles. The van der Waals surface area contributed by atoms with Crippen LogP contribution in [0.1, 0.15) is 30.8 Å². The number of rotatable bonds is 6. The van der Waals surface area contributed by atoms with Gasteiger partial charge in [0.05, 0.1) is 40.7 Å². The van der Waals surface area contributed by atoms with Crippen LogP contribution >= 0.6 is 22.9 Å².